The van der Waals surface area contributed by atoms with E-state index in [1.807, 2.05) is 31.2 Å². The van der Waals surface area contributed by atoms with Gasteiger partial charge in [-0.25, -0.2) is 14.4 Å². The Morgan fingerprint density at radius 3 is 2.73 bits per heavy atom. The van der Waals surface area contributed by atoms with E-state index in [1.165, 1.54) is 29.8 Å². The highest BCUT2D eigenvalue weighted by atomic mass is 32.1. The summed E-state index contributed by atoms with van der Waals surface area (Å²) in [5, 5.41) is 3.26. The summed E-state index contributed by atoms with van der Waals surface area (Å²) >= 11 is 1.34. The first-order valence-electron chi connectivity index (χ1n) is 9.01. The predicted molar refractivity (Wildman–Crippen MR) is 113 cm³/mol. The number of thiazole rings is 1. The summed E-state index contributed by atoms with van der Waals surface area (Å²) in [5.74, 6) is -0.216. The largest absolute Gasteiger partial charge is 0.497 e. The van der Waals surface area contributed by atoms with Crippen molar-refractivity contribution in [3.8, 4) is 17.0 Å². The number of nitrogens with one attached hydrogen (secondary N) is 1. The molecule has 9 heteroatoms. The lowest BCUT2D eigenvalue weighted by molar-refractivity contribution is -0.116. The first-order valence-corrected chi connectivity index (χ1v) is 9.82. The normalized spacial score (nSPS) is 10.9. The molecule has 0 bridgehead atoms. The molecule has 0 unspecified atom stereocenters. The van der Waals surface area contributed by atoms with Gasteiger partial charge in [-0.1, -0.05) is 0 Å². The second-order valence-corrected chi connectivity index (χ2v) is 7.74. The molecule has 7 nitrogen and oxygen atoms in total. The zero-order valence-electron chi connectivity index (χ0n) is 16.2. The molecular weight excluding hydrogens is 407 g/mol. The maximum absolute atomic E-state index is 13.5. The van der Waals surface area contributed by atoms with E-state index >= 15 is 0 Å². The van der Waals surface area contributed by atoms with E-state index in [1.54, 1.807) is 7.11 Å². The summed E-state index contributed by atoms with van der Waals surface area (Å²) in [6, 6.07) is 11.2. The highest BCUT2D eigenvalue weighted by Gasteiger charge is 2.14. The number of hydrogen-bond acceptors (Lipinski definition) is 6. The van der Waals surface area contributed by atoms with Crippen molar-refractivity contribution < 1.29 is 13.9 Å². The Morgan fingerprint density at radius 1 is 1.23 bits per heavy atom. The minimum absolute atomic E-state index is 0.122. The van der Waals surface area contributed by atoms with Crippen molar-refractivity contribution in [1.82, 2.24) is 14.5 Å². The van der Waals surface area contributed by atoms with E-state index in [0.717, 1.165) is 32.5 Å². The summed E-state index contributed by atoms with van der Waals surface area (Å²) < 4.78 is 19.8. The van der Waals surface area contributed by atoms with E-state index < -0.39 is 17.3 Å². The monoisotopic (exact) mass is 424 g/mol. The molecule has 1 amide bonds. The molecule has 4 aromatic rings. The van der Waals surface area contributed by atoms with E-state index in [4.69, 9.17) is 4.74 Å². The number of anilines is 1. The van der Waals surface area contributed by atoms with Crippen molar-refractivity contribution in [2.75, 3.05) is 12.4 Å². The number of halogens is 1. The number of aryl methyl sites for hydroxylation is 1. The number of nitrogens with zero attached hydrogens (tertiary/aromatic N) is 3. The van der Waals surface area contributed by atoms with Gasteiger partial charge in [0.05, 0.1) is 30.0 Å². The van der Waals surface area contributed by atoms with Gasteiger partial charge in [0.1, 0.15) is 18.1 Å². The highest BCUT2D eigenvalue weighted by molar-refractivity contribution is 7.16. The van der Waals surface area contributed by atoms with Crippen LogP contribution < -0.4 is 15.6 Å². The third-order valence-corrected chi connectivity index (χ3v) is 5.39. The quantitative estimate of drug-likeness (QED) is 0.529. The topological polar surface area (TPSA) is 86.1 Å². The smallest absolute Gasteiger partial charge is 0.261 e. The number of amides is 1. The molecule has 0 atom stereocenters. The van der Waals surface area contributed by atoms with Crippen molar-refractivity contribution >= 4 is 33.3 Å². The molecule has 2 heterocycles. The van der Waals surface area contributed by atoms with Crippen LogP contribution in [-0.4, -0.2) is 27.6 Å². The van der Waals surface area contributed by atoms with E-state index in [2.05, 4.69) is 15.3 Å². The predicted octanol–water partition coefficient (Wildman–Crippen LogP) is 3.61. The van der Waals surface area contributed by atoms with Crippen LogP contribution in [0, 0.1) is 12.7 Å². The van der Waals surface area contributed by atoms with Gasteiger partial charge in [-0.05, 0) is 49.4 Å². The molecule has 0 radical (unpaired) electrons. The number of aromatic nitrogens is 3. The molecule has 0 saturated heterocycles. The number of methoxy groups -OCH3 is 1. The summed E-state index contributed by atoms with van der Waals surface area (Å²) in [6.07, 6.45) is 1.28. The van der Waals surface area contributed by atoms with Crippen molar-refractivity contribution in [2.24, 2.45) is 0 Å². The van der Waals surface area contributed by atoms with Gasteiger partial charge in [-0.3, -0.25) is 14.2 Å². The van der Waals surface area contributed by atoms with Crippen LogP contribution in [0.15, 0.2) is 53.6 Å². The SMILES string of the molecule is COc1ccc(-c2nc(NC(=O)Cn3cnc4ccc(F)cc4c3=O)sc2C)cc1. The van der Waals surface area contributed by atoms with Gasteiger partial charge in [0.25, 0.3) is 5.56 Å². The number of benzene rings is 2. The van der Waals surface area contributed by atoms with Crippen molar-refractivity contribution in [1.29, 1.82) is 0 Å². The number of rotatable bonds is 5. The average molecular weight is 424 g/mol. The lowest BCUT2D eigenvalue weighted by atomic mass is 10.1. The number of carbonyl (C=O) groups is 1. The number of carbonyl (C=O) groups excluding carboxylic acids is 1. The maximum atomic E-state index is 13.5. The molecule has 0 aliphatic rings. The fourth-order valence-electron chi connectivity index (χ4n) is 3.02. The van der Waals surface area contributed by atoms with Gasteiger partial charge in [-0.2, -0.15) is 0 Å². The number of hydrogen-bond donors (Lipinski definition) is 1. The molecule has 0 spiro atoms. The Hall–Kier alpha value is -3.59. The van der Waals surface area contributed by atoms with Gasteiger partial charge in [0, 0.05) is 10.4 Å². The van der Waals surface area contributed by atoms with Crippen LogP contribution in [0.25, 0.3) is 22.2 Å². The molecule has 0 fully saturated rings. The fraction of sp³-hybridized carbons (Fsp3) is 0.143. The Balaban J connectivity index is 1.53. The summed E-state index contributed by atoms with van der Waals surface area (Å²) in [7, 11) is 1.60. The molecule has 0 saturated carbocycles. The van der Waals surface area contributed by atoms with Crippen LogP contribution in [0.3, 0.4) is 0 Å². The van der Waals surface area contributed by atoms with Gasteiger partial charge in [-0.15, -0.1) is 11.3 Å². The lowest BCUT2D eigenvalue weighted by Gasteiger charge is -2.06. The zero-order chi connectivity index (χ0) is 21.3. The third kappa shape index (κ3) is 3.92. The molecule has 2 aromatic carbocycles. The summed E-state index contributed by atoms with van der Waals surface area (Å²) in [6.45, 7) is 1.66. The molecule has 0 aliphatic heterocycles. The van der Waals surface area contributed by atoms with Gasteiger partial charge < -0.3 is 10.1 Å². The number of ether oxygens (including phenoxy) is 1. The van der Waals surface area contributed by atoms with Crippen LogP contribution in [0.1, 0.15) is 4.88 Å². The first-order chi connectivity index (χ1) is 14.4. The third-order valence-electron chi connectivity index (χ3n) is 4.51. The van der Waals surface area contributed by atoms with Crippen LogP contribution >= 0.6 is 11.3 Å². The molecular formula is C21H17FN4O3S. The Kier molecular flexibility index (Phi) is 5.28. The van der Waals surface area contributed by atoms with E-state index in [0.29, 0.717) is 10.6 Å². The molecule has 152 valence electrons. The van der Waals surface area contributed by atoms with Crippen LogP contribution in [0.4, 0.5) is 9.52 Å². The lowest BCUT2D eigenvalue weighted by Crippen LogP contribution is -2.27. The Morgan fingerprint density at radius 2 is 2.00 bits per heavy atom. The van der Waals surface area contributed by atoms with Crippen LogP contribution in [0.2, 0.25) is 0 Å². The standard InChI is InChI=1S/C21H17FN4O3S/c1-12-19(13-3-6-15(29-2)7-4-13)25-21(30-12)24-18(27)10-26-11-23-17-8-5-14(22)9-16(17)20(26)28/h3-9,11H,10H2,1-2H3,(H,24,25,27). The highest BCUT2D eigenvalue weighted by Crippen LogP contribution is 2.31. The first kappa shape index (κ1) is 19.7. The molecule has 2 aromatic heterocycles. The number of fused-ring (bicyclic) bond motifs is 1. The van der Waals surface area contributed by atoms with E-state index in [-0.39, 0.29) is 11.9 Å². The van der Waals surface area contributed by atoms with Gasteiger partial charge >= 0.3 is 0 Å². The minimum Gasteiger partial charge on any atom is -0.497 e. The second kappa shape index (κ2) is 8.03. The van der Waals surface area contributed by atoms with Crippen molar-refractivity contribution in [2.45, 2.75) is 13.5 Å². The van der Waals surface area contributed by atoms with Gasteiger partial charge in [0.2, 0.25) is 5.91 Å². The molecule has 30 heavy (non-hydrogen) atoms. The minimum atomic E-state index is -0.534. The summed E-state index contributed by atoms with van der Waals surface area (Å²) in [5.41, 5.74) is 1.56. The maximum Gasteiger partial charge on any atom is 0.261 e. The molecule has 4 rings (SSSR count). The Labute approximate surface area is 174 Å². The van der Waals surface area contributed by atoms with Crippen LogP contribution in [-0.2, 0) is 11.3 Å². The fourth-order valence-corrected chi connectivity index (χ4v) is 3.88. The average Bonchev–Trinajstić information content (AvgIpc) is 3.10. The summed E-state index contributed by atoms with van der Waals surface area (Å²) in [4.78, 5) is 34.5. The second-order valence-electron chi connectivity index (χ2n) is 6.54. The zero-order valence-corrected chi connectivity index (χ0v) is 17.0. The molecule has 1 N–H and O–H groups in total. The van der Waals surface area contributed by atoms with Gasteiger partial charge in [0.15, 0.2) is 5.13 Å². The Bertz CT molecular complexity index is 1300. The molecule has 0 aliphatic carbocycles. The van der Waals surface area contributed by atoms with Crippen LogP contribution in [0.5, 0.6) is 5.75 Å². The van der Waals surface area contributed by atoms with E-state index in [9.17, 15) is 14.0 Å². The van der Waals surface area contributed by atoms with Crippen molar-refractivity contribution in [3.05, 3.63) is 69.8 Å². The van der Waals surface area contributed by atoms with Crippen molar-refractivity contribution in [3.63, 3.8) is 0 Å².